The molecule has 0 amide bonds. The monoisotopic (exact) mass is 602 g/mol. The van der Waals surface area contributed by atoms with E-state index < -0.39 is 0 Å². The van der Waals surface area contributed by atoms with E-state index in [0.29, 0.717) is 27.9 Å². The number of fused-ring (bicyclic) bond motifs is 5. The fourth-order valence-corrected chi connectivity index (χ4v) is 7.12. The number of phenolic OH excluding ortho intramolecular Hbond substituents is 1. The highest BCUT2D eigenvalue weighted by Crippen LogP contribution is 2.46. The van der Waals surface area contributed by atoms with Gasteiger partial charge in [0.15, 0.2) is 0 Å². The third-order valence-electron chi connectivity index (χ3n) is 9.56. The summed E-state index contributed by atoms with van der Waals surface area (Å²) >= 11 is 0. The van der Waals surface area contributed by atoms with Gasteiger partial charge in [0, 0.05) is 10.8 Å². The number of hydrogen-bond donors (Lipinski definition) is 1. The van der Waals surface area contributed by atoms with Crippen LogP contribution in [-0.4, -0.2) is 75.7 Å². The molecule has 0 saturated carbocycles. The Morgan fingerprint density at radius 3 is 1.43 bits per heavy atom. The van der Waals surface area contributed by atoms with Crippen LogP contribution in [0.2, 0.25) is 0 Å². The van der Waals surface area contributed by atoms with Gasteiger partial charge in [-0.3, -0.25) is 0 Å². The van der Waals surface area contributed by atoms with Gasteiger partial charge in [-0.25, -0.2) is 0 Å². The van der Waals surface area contributed by atoms with E-state index >= 15 is 0 Å². The van der Waals surface area contributed by atoms with Crippen LogP contribution in [0.4, 0.5) is 0 Å². The molecule has 2 nitrogen and oxygen atoms in total. The molecule has 0 aliphatic heterocycles. The lowest BCUT2D eigenvalue weighted by molar-refractivity contribution is 0.484. The quantitative estimate of drug-likeness (QED) is 0.224. The van der Waals surface area contributed by atoms with Gasteiger partial charge in [-0.15, -0.1) is 16.4 Å². The number of rotatable bonds is 3. The predicted octanol–water partition coefficient (Wildman–Crippen LogP) is -0.257. The number of phenols is 1. The van der Waals surface area contributed by atoms with Gasteiger partial charge in [0.25, 0.3) is 0 Å². The zero-order valence-electron chi connectivity index (χ0n) is 26.1. The van der Waals surface area contributed by atoms with Crippen molar-refractivity contribution < 1.29 is 9.52 Å². The molecule has 11 heteroatoms. The molecule has 0 bridgehead atoms. The minimum absolute atomic E-state index is 0.0385. The van der Waals surface area contributed by atoms with Gasteiger partial charge < -0.3 is 9.52 Å². The molecule has 7 aromatic carbocycles. The molecule has 0 fully saturated rings. The van der Waals surface area contributed by atoms with Crippen molar-refractivity contribution in [3.05, 3.63) is 84.9 Å². The highest BCUT2D eigenvalue weighted by molar-refractivity contribution is 6.69. The summed E-state index contributed by atoms with van der Waals surface area (Å²) in [6.07, 6.45) is 0. The minimum atomic E-state index is -0.342. The maximum Gasteiger partial charge on any atom is 0.136 e. The summed E-state index contributed by atoms with van der Waals surface area (Å²) in [6.45, 7) is 0. The Morgan fingerprint density at radius 1 is 0.388 bits per heavy atom. The van der Waals surface area contributed by atoms with E-state index in [0.717, 1.165) is 49.0 Å². The molecule has 1 aromatic heterocycles. The number of aromatic hydroxyl groups is 1. The van der Waals surface area contributed by atoms with E-state index in [1.807, 2.05) is 66.7 Å². The SMILES string of the molecule is [B]c1c([B])c([B])c(-c2c3ccccc3c(-c3cccc4oc5ccc(-c6c([B])c([B])c(O)c([B])c6[B])cc5c34)c3ccccc23)c([B])c1[B]. The molecule has 206 valence electrons. The van der Waals surface area contributed by atoms with Gasteiger partial charge in [-0.05, 0) is 73.1 Å². The predicted molar refractivity (Wildman–Crippen MR) is 215 cm³/mol. The van der Waals surface area contributed by atoms with Crippen LogP contribution in [0.3, 0.4) is 0 Å². The molecule has 0 aliphatic carbocycles. The van der Waals surface area contributed by atoms with Crippen molar-refractivity contribution in [2.24, 2.45) is 0 Å². The Labute approximate surface area is 295 Å². The lowest BCUT2D eigenvalue weighted by Crippen LogP contribution is -2.55. The average Bonchev–Trinajstić information content (AvgIpc) is 3.50. The molecule has 49 heavy (non-hydrogen) atoms. The first-order valence-corrected chi connectivity index (χ1v) is 15.4. The second-order valence-corrected chi connectivity index (χ2v) is 12.2. The summed E-state index contributed by atoms with van der Waals surface area (Å²) in [7, 11) is 57.2. The lowest BCUT2D eigenvalue weighted by Gasteiger charge is -2.25. The van der Waals surface area contributed by atoms with Gasteiger partial charge >= 0.3 is 0 Å². The van der Waals surface area contributed by atoms with Crippen LogP contribution >= 0.6 is 0 Å². The third-order valence-corrected chi connectivity index (χ3v) is 9.56. The Kier molecular flexibility index (Phi) is 7.34. The first-order valence-electron chi connectivity index (χ1n) is 15.4. The van der Waals surface area contributed by atoms with E-state index in [9.17, 15) is 5.11 Å². The lowest BCUT2D eigenvalue weighted by atomic mass is 9.59. The largest absolute Gasteiger partial charge is 0.509 e. The van der Waals surface area contributed by atoms with Crippen LogP contribution < -0.4 is 49.2 Å². The number of hydrogen-bond acceptors (Lipinski definition) is 2. The van der Waals surface area contributed by atoms with Crippen molar-refractivity contribution in [3.8, 4) is 39.1 Å². The van der Waals surface area contributed by atoms with Crippen molar-refractivity contribution >= 4 is 163 Å². The van der Waals surface area contributed by atoms with Crippen molar-refractivity contribution in [2.75, 3.05) is 0 Å². The summed E-state index contributed by atoms with van der Waals surface area (Å²) in [5, 5.41) is 15.7. The molecule has 18 radical (unpaired) electrons. The number of benzene rings is 7. The fourth-order valence-electron chi connectivity index (χ4n) is 7.12. The molecule has 8 rings (SSSR count). The van der Waals surface area contributed by atoms with Gasteiger partial charge in [0.05, 0.1) is 5.75 Å². The van der Waals surface area contributed by atoms with Crippen LogP contribution in [0.1, 0.15) is 0 Å². The third kappa shape index (κ3) is 4.47. The Balaban J connectivity index is 1.50. The molecule has 1 heterocycles. The zero-order chi connectivity index (χ0) is 34.5. The van der Waals surface area contributed by atoms with E-state index in [2.05, 4.69) is 18.2 Å². The molecule has 0 spiro atoms. The second-order valence-electron chi connectivity index (χ2n) is 12.2. The Bertz CT molecular complexity index is 2620. The molecule has 1 N–H and O–H groups in total. The topological polar surface area (TPSA) is 33.4 Å². The first-order chi connectivity index (χ1) is 23.5. The van der Waals surface area contributed by atoms with E-state index in [-0.39, 0.29) is 54.9 Å². The highest BCUT2D eigenvalue weighted by atomic mass is 16.3. The van der Waals surface area contributed by atoms with E-state index in [1.165, 1.54) is 0 Å². The molecular formula is C38H15B9O2. The highest BCUT2D eigenvalue weighted by Gasteiger charge is 2.23. The van der Waals surface area contributed by atoms with Crippen molar-refractivity contribution in [1.29, 1.82) is 0 Å². The summed E-state index contributed by atoms with van der Waals surface area (Å²) < 4.78 is 6.39. The maximum atomic E-state index is 10.4. The van der Waals surface area contributed by atoms with Crippen LogP contribution in [0.25, 0.3) is 76.9 Å². The smallest absolute Gasteiger partial charge is 0.136 e. The Hall–Kier alpha value is -4.76. The van der Waals surface area contributed by atoms with Gasteiger partial charge in [-0.2, -0.15) is 0 Å². The normalized spacial score (nSPS) is 11.7. The molecular weight excluding hydrogens is 586 g/mol. The summed E-state index contributed by atoms with van der Waals surface area (Å²) in [5.74, 6) is -0.342. The minimum Gasteiger partial charge on any atom is -0.509 e. The molecule has 0 aliphatic rings. The van der Waals surface area contributed by atoms with Gasteiger partial charge in [0.1, 0.15) is 81.8 Å². The summed E-state index contributed by atoms with van der Waals surface area (Å²) in [5.41, 5.74) is 6.88. The van der Waals surface area contributed by atoms with Crippen LogP contribution in [-0.2, 0) is 0 Å². The molecule has 0 unspecified atom stereocenters. The fraction of sp³-hybridized carbons (Fsp3) is 0. The van der Waals surface area contributed by atoms with Crippen LogP contribution in [0.5, 0.6) is 5.75 Å². The van der Waals surface area contributed by atoms with E-state index in [1.54, 1.807) is 0 Å². The maximum absolute atomic E-state index is 10.4. The van der Waals surface area contributed by atoms with Gasteiger partial charge in [-0.1, -0.05) is 99.5 Å². The van der Waals surface area contributed by atoms with E-state index in [4.69, 9.17) is 75.0 Å². The molecule has 0 atom stereocenters. The molecule has 8 aromatic rings. The zero-order valence-corrected chi connectivity index (χ0v) is 26.1. The van der Waals surface area contributed by atoms with Crippen LogP contribution in [0, 0.1) is 0 Å². The van der Waals surface area contributed by atoms with Crippen molar-refractivity contribution in [3.63, 3.8) is 0 Å². The van der Waals surface area contributed by atoms with Crippen LogP contribution in [0.15, 0.2) is 89.3 Å². The summed E-state index contributed by atoms with van der Waals surface area (Å²) in [6, 6.07) is 27.7. The van der Waals surface area contributed by atoms with Crippen molar-refractivity contribution in [1.82, 2.24) is 0 Å². The average molecular weight is 601 g/mol. The molecule has 0 saturated heterocycles. The summed E-state index contributed by atoms with van der Waals surface area (Å²) in [4.78, 5) is 0. The van der Waals surface area contributed by atoms with Crippen molar-refractivity contribution in [2.45, 2.75) is 0 Å². The number of furan rings is 1. The second kappa shape index (κ2) is 11.4. The first kappa shape index (κ1) is 31.5. The van der Waals surface area contributed by atoms with Gasteiger partial charge in [0.2, 0.25) is 0 Å². The standard InChI is InChI=1S/C38H15B9O2/c39-29-24(30(40)37(47)38(48)36(29)46)15-12-13-22-21(14-15)26-20(10-5-11-23(26)49-22)25-16-6-1-3-8-18(16)27(19-9-4-2-7-17(19)25)28-31(41)33(43)35(45)34(44)32(28)42/h1-14,48H. The Morgan fingerprint density at radius 2 is 0.878 bits per heavy atom.